The molecule has 0 aliphatic heterocycles. The smallest absolute Gasteiger partial charge is 0.223 e. The van der Waals surface area contributed by atoms with E-state index in [9.17, 15) is 13.2 Å². The van der Waals surface area contributed by atoms with Gasteiger partial charge in [-0.05, 0) is 35.7 Å². The zero-order valence-corrected chi connectivity index (χ0v) is 13.6. The molecule has 1 saturated carbocycles. The van der Waals surface area contributed by atoms with Crippen molar-refractivity contribution in [2.24, 2.45) is 5.92 Å². The van der Waals surface area contributed by atoms with Crippen LogP contribution in [0.5, 0.6) is 0 Å². The van der Waals surface area contributed by atoms with E-state index in [2.05, 4.69) is 5.32 Å². The minimum atomic E-state index is -3.47. The van der Waals surface area contributed by atoms with E-state index in [0.717, 1.165) is 17.7 Å². The van der Waals surface area contributed by atoms with Crippen LogP contribution < -0.4 is 5.32 Å². The Bertz CT molecular complexity index is 701. The zero-order chi connectivity index (χ0) is 14.9. The molecule has 1 N–H and O–H groups in total. The van der Waals surface area contributed by atoms with Crippen molar-refractivity contribution in [1.82, 2.24) is 5.32 Å². The molecular weight excluding hydrogens is 326 g/mol. The predicted octanol–water partition coefficient (Wildman–Crippen LogP) is 2.85. The molecule has 1 aliphatic rings. The second-order valence-electron chi connectivity index (χ2n) is 5.00. The van der Waals surface area contributed by atoms with Crippen LogP contribution in [0.4, 0.5) is 0 Å². The number of rotatable bonds is 6. The quantitative estimate of drug-likeness (QED) is 0.879. The molecule has 0 aromatic carbocycles. The first-order valence-corrected chi connectivity index (χ1v) is 9.98. The van der Waals surface area contributed by atoms with Crippen LogP contribution in [-0.2, 0) is 14.6 Å². The topological polar surface area (TPSA) is 63.2 Å². The SMILES string of the molecule is O=C(NC[C@H](c1cccs1)S(=O)(=O)c1cccs1)C1CC1. The summed E-state index contributed by atoms with van der Waals surface area (Å²) in [5, 5.41) is 5.69. The molecule has 21 heavy (non-hydrogen) atoms. The summed E-state index contributed by atoms with van der Waals surface area (Å²) in [6.45, 7) is 0.135. The van der Waals surface area contributed by atoms with Crippen LogP contribution in [0.3, 0.4) is 0 Å². The summed E-state index contributed by atoms with van der Waals surface area (Å²) in [7, 11) is -3.47. The third-order valence-electron chi connectivity index (χ3n) is 3.42. The standard InChI is InChI=1S/C14H15NO3S3/c16-14(10-5-6-10)15-9-12(11-3-1-7-19-11)21(17,18)13-4-2-8-20-13/h1-4,7-8,10,12H,5-6,9H2,(H,15,16)/t12-/m1/s1. The summed E-state index contributed by atoms with van der Waals surface area (Å²) in [6, 6.07) is 6.98. The van der Waals surface area contributed by atoms with Crippen molar-refractivity contribution < 1.29 is 13.2 Å². The van der Waals surface area contributed by atoms with E-state index < -0.39 is 15.1 Å². The Morgan fingerprint density at radius 3 is 2.52 bits per heavy atom. The van der Waals surface area contributed by atoms with Crippen LogP contribution in [0.25, 0.3) is 0 Å². The van der Waals surface area contributed by atoms with E-state index in [1.165, 1.54) is 22.7 Å². The molecule has 2 aromatic heterocycles. The van der Waals surface area contributed by atoms with Crippen LogP contribution >= 0.6 is 22.7 Å². The van der Waals surface area contributed by atoms with Gasteiger partial charge in [-0.15, -0.1) is 22.7 Å². The molecule has 0 saturated heterocycles. The lowest BCUT2D eigenvalue weighted by molar-refractivity contribution is -0.122. The van der Waals surface area contributed by atoms with Crippen molar-refractivity contribution >= 4 is 38.4 Å². The third kappa shape index (κ3) is 3.20. The van der Waals surface area contributed by atoms with Gasteiger partial charge in [0.2, 0.25) is 5.91 Å². The van der Waals surface area contributed by atoms with Gasteiger partial charge in [0.05, 0.1) is 0 Å². The van der Waals surface area contributed by atoms with E-state index in [1.54, 1.807) is 17.5 Å². The number of hydrogen-bond acceptors (Lipinski definition) is 5. The van der Waals surface area contributed by atoms with Gasteiger partial charge < -0.3 is 5.32 Å². The first-order valence-electron chi connectivity index (χ1n) is 6.67. The van der Waals surface area contributed by atoms with Crippen molar-refractivity contribution in [2.45, 2.75) is 22.3 Å². The number of amides is 1. The van der Waals surface area contributed by atoms with Crippen molar-refractivity contribution in [3.05, 3.63) is 39.9 Å². The van der Waals surface area contributed by atoms with Gasteiger partial charge in [0, 0.05) is 17.3 Å². The van der Waals surface area contributed by atoms with Gasteiger partial charge in [-0.2, -0.15) is 0 Å². The van der Waals surface area contributed by atoms with Crippen molar-refractivity contribution in [3.63, 3.8) is 0 Å². The number of carbonyl (C=O) groups excluding carboxylic acids is 1. The Hall–Kier alpha value is -1.18. The fraction of sp³-hybridized carbons (Fsp3) is 0.357. The second kappa shape index (κ2) is 5.90. The number of carbonyl (C=O) groups is 1. The predicted molar refractivity (Wildman–Crippen MR) is 84.3 cm³/mol. The summed E-state index contributed by atoms with van der Waals surface area (Å²) >= 11 is 2.62. The number of nitrogens with one attached hydrogen (secondary N) is 1. The van der Waals surface area contributed by atoms with E-state index in [-0.39, 0.29) is 18.4 Å². The van der Waals surface area contributed by atoms with E-state index in [4.69, 9.17) is 0 Å². The molecule has 0 bridgehead atoms. The Kier molecular flexibility index (Phi) is 4.14. The largest absolute Gasteiger partial charge is 0.354 e. The maximum Gasteiger partial charge on any atom is 0.223 e. The molecule has 1 fully saturated rings. The van der Waals surface area contributed by atoms with Crippen LogP contribution in [0, 0.1) is 5.92 Å². The Morgan fingerprint density at radius 2 is 1.95 bits per heavy atom. The second-order valence-corrected chi connectivity index (χ2v) is 9.28. The van der Waals surface area contributed by atoms with Gasteiger partial charge in [-0.3, -0.25) is 4.79 Å². The lowest BCUT2D eigenvalue weighted by Gasteiger charge is -2.16. The van der Waals surface area contributed by atoms with Gasteiger partial charge in [-0.1, -0.05) is 12.1 Å². The van der Waals surface area contributed by atoms with Crippen LogP contribution in [0.1, 0.15) is 23.0 Å². The van der Waals surface area contributed by atoms with Crippen LogP contribution in [0.2, 0.25) is 0 Å². The van der Waals surface area contributed by atoms with Gasteiger partial charge in [0.15, 0.2) is 9.84 Å². The highest BCUT2D eigenvalue weighted by molar-refractivity contribution is 7.93. The minimum absolute atomic E-state index is 0.0297. The maximum absolute atomic E-state index is 12.8. The van der Waals surface area contributed by atoms with E-state index >= 15 is 0 Å². The lowest BCUT2D eigenvalue weighted by Crippen LogP contribution is -2.32. The first-order chi connectivity index (χ1) is 10.1. The minimum Gasteiger partial charge on any atom is -0.354 e. The number of hydrogen-bond donors (Lipinski definition) is 1. The normalized spacial score (nSPS) is 16.6. The summed E-state index contributed by atoms with van der Waals surface area (Å²) in [6.07, 6.45) is 1.82. The van der Waals surface area contributed by atoms with Gasteiger partial charge in [0.1, 0.15) is 9.46 Å². The van der Waals surface area contributed by atoms with Crippen molar-refractivity contribution in [1.29, 1.82) is 0 Å². The fourth-order valence-electron chi connectivity index (χ4n) is 2.09. The number of sulfone groups is 1. The summed E-state index contributed by atoms with van der Waals surface area (Å²) in [5.41, 5.74) is 0. The molecule has 1 atom stereocenters. The molecular formula is C14H15NO3S3. The van der Waals surface area contributed by atoms with Gasteiger partial charge >= 0.3 is 0 Å². The lowest BCUT2D eigenvalue weighted by atomic mass is 10.3. The molecule has 1 aliphatic carbocycles. The Morgan fingerprint density at radius 1 is 1.24 bits per heavy atom. The van der Waals surface area contributed by atoms with Crippen molar-refractivity contribution in [3.8, 4) is 0 Å². The molecule has 0 spiro atoms. The van der Waals surface area contributed by atoms with Gasteiger partial charge in [0.25, 0.3) is 0 Å². The van der Waals surface area contributed by atoms with E-state index in [1.807, 2.05) is 17.5 Å². The average molecular weight is 341 g/mol. The fourth-order valence-corrected chi connectivity index (χ4v) is 6.08. The molecule has 4 nitrogen and oxygen atoms in total. The molecule has 112 valence electrons. The Balaban J connectivity index is 1.84. The highest BCUT2D eigenvalue weighted by Gasteiger charge is 2.34. The monoisotopic (exact) mass is 341 g/mol. The van der Waals surface area contributed by atoms with Crippen LogP contribution in [0.15, 0.2) is 39.2 Å². The molecule has 0 unspecified atom stereocenters. The molecule has 2 aromatic rings. The molecule has 0 radical (unpaired) electrons. The Labute approximate surface area is 131 Å². The molecule has 1 amide bonds. The highest BCUT2D eigenvalue weighted by atomic mass is 32.2. The average Bonchev–Trinajstić information content (AvgIpc) is 2.95. The summed E-state index contributed by atoms with van der Waals surface area (Å²) < 4.78 is 25.9. The zero-order valence-electron chi connectivity index (χ0n) is 11.2. The summed E-state index contributed by atoms with van der Waals surface area (Å²) in [4.78, 5) is 12.6. The summed E-state index contributed by atoms with van der Waals surface area (Å²) in [5.74, 6) is 0.0522. The first kappa shape index (κ1) is 14.7. The number of thiophene rings is 2. The highest BCUT2D eigenvalue weighted by Crippen LogP contribution is 2.34. The molecule has 2 heterocycles. The maximum atomic E-state index is 12.8. The molecule has 3 rings (SSSR count). The van der Waals surface area contributed by atoms with Crippen molar-refractivity contribution in [2.75, 3.05) is 6.54 Å². The van der Waals surface area contributed by atoms with Gasteiger partial charge in [-0.25, -0.2) is 8.42 Å². The van der Waals surface area contributed by atoms with E-state index in [0.29, 0.717) is 4.21 Å². The molecule has 7 heteroatoms. The van der Waals surface area contributed by atoms with Crippen LogP contribution in [-0.4, -0.2) is 20.9 Å². The third-order valence-corrected chi connectivity index (χ3v) is 8.07.